The summed E-state index contributed by atoms with van der Waals surface area (Å²) in [5, 5.41) is 9.92. The molecule has 0 spiro atoms. The molecule has 1 unspecified atom stereocenters. The fraction of sp³-hybridized carbons (Fsp3) is 0.588. The highest BCUT2D eigenvalue weighted by Crippen LogP contribution is 2.43. The molecule has 1 aliphatic heterocycles. The zero-order valence-electron chi connectivity index (χ0n) is 12.7. The zero-order chi connectivity index (χ0) is 15.7. The Balaban J connectivity index is 1.58. The lowest BCUT2D eigenvalue weighted by molar-refractivity contribution is 0.205. The Morgan fingerprint density at radius 1 is 1.18 bits per heavy atom. The summed E-state index contributed by atoms with van der Waals surface area (Å²) in [6.45, 7) is 1.56. The third kappa shape index (κ3) is 3.03. The average Bonchev–Trinajstić information content (AvgIpc) is 2.98. The Labute approximate surface area is 130 Å². The molecule has 2 amide bonds. The predicted octanol–water partition coefficient (Wildman–Crippen LogP) is 3.21. The number of nitrogens with zero attached hydrogens (tertiary/aromatic N) is 1. The molecule has 1 aromatic carbocycles. The van der Waals surface area contributed by atoms with Crippen molar-refractivity contribution in [2.45, 2.75) is 38.0 Å². The largest absolute Gasteiger partial charge is 0.508 e. The van der Waals surface area contributed by atoms with Crippen molar-refractivity contribution in [2.75, 3.05) is 13.1 Å². The van der Waals surface area contributed by atoms with Gasteiger partial charge >= 0.3 is 6.03 Å². The maximum atomic E-state index is 13.1. The van der Waals surface area contributed by atoms with Crippen LogP contribution < -0.4 is 5.73 Å². The van der Waals surface area contributed by atoms with Crippen molar-refractivity contribution < 1.29 is 14.3 Å². The van der Waals surface area contributed by atoms with Gasteiger partial charge in [0.25, 0.3) is 0 Å². The van der Waals surface area contributed by atoms with Crippen LogP contribution in [0.25, 0.3) is 0 Å². The van der Waals surface area contributed by atoms with Gasteiger partial charge in [-0.1, -0.05) is 6.07 Å². The van der Waals surface area contributed by atoms with Gasteiger partial charge < -0.3 is 15.7 Å². The molecule has 2 fully saturated rings. The van der Waals surface area contributed by atoms with E-state index in [4.69, 9.17) is 5.73 Å². The third-order valence-corrected chi connectivity index (χ3v) is 5.41. The summed E-state index contributed by atoms with van der Waals surface area (Å²) < 4.78 is 13.1. The van der Waals surface area contributed by atoms with E-state index >= 15 is 0 Å². The van der Waals surface area contributed by atoms with Crippen LogP contribution in [0, 0.1) is 17.7 Å². The van der Waals surface area contributed by atoms with E-state index in [1.54, 1.807) is 11.0 Å². The molecule has 0 radical (unpaired) electrons. The highest BCUT2D eigenvalue weighted by molar-refractivity contribution is 5.72. The standard InChI is InChI=1S/C17H23FN2O2/c18-14-5-6-15(16(21)9-14)12-3-1-11(2-4-12)13-7-8-20(10-13)17(19)22/h5-6,9,11-13,21H,1-4,7-8,10H2,(H2,19,22). The first-order valence-corrected chi connectivity index (χ1v) is 8.07. The van der Waals surface area contributed by atoms with Gasteiger partial charge in [0.2, 0.25) is 0 Å². The van der Waals surface area contributed by atoms with E-state index in [1.807, 2.05) is 0 Å². The molecule has 2 aliphatic rings. The van der Waals surface area contributed by atoms with E-state index in [-0.39, 0.29) is 11.8 Å². The van der Waals surface area contributed by atoms with Gasteiger partial charge in [-0.25, -0.2) is 9.18 Å². The molecule has 3 rings (SSSR count). The quantitative estimate of drug-likeness (QED) is 0.881. The van der Waals surface area contributed by atoms with E-state index in [2.05, 4.69) is 0 Å². The Bertz CT molecular complexity index is 556. The van der Waals surface area contributed by atoms with E-state index in [1.165, 1.54) is 12.1 Å². The minimum atomic E-state index is -0.396. The van der Waals surface area contributed by atoms with Crippen LogP contribution in [0.15, 0.2) is 18.2 Å². The first-order chi connectivity index (χ1) is 10.5. The first kappa shape index (κ1) is 15.1. The number of carbonyl (C=O) groups excluding carboxylic acids is 1. The van der Waals surface area contributed by atoms with Gasteiger partial charge in [0.1, 0.15) is 11.6 Å². The summed E-state index contributed by atoms with van der Waals surface area (Å²) >= 11 is 0. The van der Waals surface area contributed by atoms with Crippen LogP contribution in [0.3, 0.4) is 0 Å². The molecule has 22 heavy (non-hydrogen) atoms. The molecule has 0 bridgehead atoms. The van der Waals surface area contributed by atoms with Crippen LogP contribution in [0.2, 0.25) is 0 Å². The summed E-state index contributed by atoms with van der Waals surface area (Å²) in [4.78, 5) is 13.0. The lowest BCUT2D eigenvalue weighted by Crippen LogP contribution is -2.34. The highest BCUT2D eigenvalue weighted by atomic mass is 19.1. The molecule has 3 N–H and O–H groups in total. The molecule has 1 saturated carbocycles. The van der Waals surface area contributed by atoms with Gasteiger partial charge in [0.05, 0.1) is 0 Å². The Morgan fingerprint density at radius 2 is 1.91 bits per heavy atom. The number of halogens is 1. The third-order valence-electron chi connectivity index (χ3n) is 5.41. The van der Waals surface area contributed by atoms with E-state index in [0.29, 0.717) is 17.8 Å². The second kappa shape index (κ2) is 6.15. The predicted molar refractivity (Wildman–Crippen MR) is 82.0 cm³/mol. The molecule has 5 heteroatoms. The molecular formula is C17H23FN2O2. The molecule has 1 heterocycles. The fourth-order valence-electron chi connectivity index (χ4n) is 4.14. The van der Waals surface area contributed by atoms with Gasteiger partial charge in [-0.15, -0.1) is 0 Å². The van der Waals surface area contributed by atoms with E-state index in [0.717, 1.165) is 50.8 Å². The number of carbonyl (C=O) groups is 1. The number of hydrogen-bond acceptors (Lipinski definition) is 2. The Morgan fingerprint density at radius 3 is 2.50 bits per heavy atom. The maximum Gasteiger partial charge on any atom is 0.314 e. The molecule has 0 aromatic heterocycles. The first-order valence-electron chi connectivity index (χ1n) is 8.07. The van der Waals surface area contributed by atoms with Gasteiger partial charge in [0, 0.05) is 19.2 Å². The van der Waals surface area contributed by atoms with Crippen molar-refractivity contribution >= 4 is 6.03 Å². The number of phenolic OH excluding ortho intramolecular Hbond substituents is 1. The number of nitrogens with two attached hydrogens (primary N) is 1. The van der Waals surface area contributed by atoms with E-state index < -0.39 is 5.82 Å². The lowest BCUT2D eigenvalue weighted by Gasteiger charge is -2.32. The summed E-state index contributed by atoms with van der Waals surface area (Å²) in [5.41, 5.74) is 6.21. The fourth-order valence-corrected chi connectivity index (χ4v) is 4.14. The summed E-state index contributed by atoms with van der Waals surface area (Å²) in [6, 6.07) is 4.01. The maximum absolute atomic E-state index is 13.1. The molecule has 1 aliphatic carbocycles. The summed E-state index contributed by atoms with van der Waals surface area (Å²) in [5.74, 6) is 1.17. The number of hydrogen-bond donors (Lipinski definition) is 2. The van der Waals surface area contributed by atoms with Crippen LogP contribution in [-0.4, -0.2) is 29.1 Å². The number of likely N-dealkylation sites (tertiary alicyclic amines) is 1. The van der Waals surface area contributed by atoms with E-state index in [9.17, 15) is 14.3 Å². The molecular weight excluding hydrogens is 283 g/mol. The Hall–Kier alpha value is -1.78. The molecule has 4 nitrogen and oxygen atoms in total. The smallest absolute Gasteiger partial charge is 0.314 e. The minimum Gasteiger partial charge on any atom is -0.508 e. The molecule has 1 aromatic rings. The van der Waals surface area contributed by atoms with Gasteiger partial charge in [0.15, 0.2) is 0 Å². The average molecular weight is 306 g/mol. The normalized spacial score (nSPS) is 28.8. The van der Waals surface area contributed by atoms with Crippen LogP contribution in [-0.2, 0) is 0 Å². The van der Waals surface area contributed by atoms with Crippen molar-refractivity contribution in [3.63, 3.8) is 0 Å². The number of aromatic hydroxyl groups is 1. The second-order valence-corrected chi connectivity index (χ2v) is 6.65. The number of amides is 2. The summed E-state index contributed by atoms with van der Waals surface area (Å²) in [7, 11) is 0. The van der Waals surface area contributed by atoms with Crippen molar-refractivity contribution in [3.05, 3.63) is 29.6 Å². The monoisotopic (exact) mass is 306 g/mol. The van der Waals surface area contributed by atoms with Crippen molar-refractivity contribution in [1.29, 1.82) is 0 Å². The minimum absolute atomic E-state index is 0.0734. The van der Waals surface area contributed by atoms with Crippen LogP contribution >= 0.6 is 0 Å². The number of benzene rings is 1. The van der Waals surface area contributed by atoms with Crippen molar-refractivity contribution in [1.82, 2.24) is 4.90 Å². The SMILES string of the molecule is NC(=O)N1CCC(C2CCC(c3ccc(F)cc3O)CC2)C1. The van der Waals surface area contributed by atoms with Gasteiger partial charge in [-0.05, 0) is 61.5 Å². The van der Waals surface area contributed by atoms with Crippen molar-refractivity contribution in [3.8, 4) is 5.75 Å². The van der Waals surface area contributed by atoms with Gasteiger partial charge in [-0.3, -0.25) is 0 Å². The second-order valence-electron chi connectivity index (χ2n) is 6.65. The summed E-state index contributed by atoms with van der Waals surface area (Å²) in [6.07, 6.45) is 5.26. The highest BCUT2D eigenvalue weighted by Gasteiger charge is 2.34. The number of rotatable bonds is 2. The zero-order valence-corrected chi connectivity index (χ0v) is 12.7. The topological polar surface area (TPSA) is 66.6 Å². The van der Waals surface area contributed by atoms with Crippen molar-refractivity contribution in [2.24, 2.45) is 17.6 Å². The number of phenols is 1. The van der Waals surface area contributed by atoms with Crippen LogP contribution in [0.5, 0.6) is 5.75 Å². The molecule has 120 valence electrons. The van der Waals surface area contributed by atoms with Crippen LogP contribution in [0.4, 0.5) is 9.18 Å². The molecule has 1 atom stereocenters. The number of primary amides is 1. The lowest BCUT2D eigenvalue weighted by atomic mass is 9.73. The molecule has 1 saturated heterocycles. The van der Waals surface area contributed by atoms with Crippen LogP contribution in [0.1, 0.15) is 43.6 Å². The van der Waals surface area contributed by atoms with Gasteiger partial charge in [-0.2, -0.15) is 0 Å². The Kier molecular flexibility index (Phi) is 4.23. The number of urea groups is 1.